The summed E-state index contributed by atoms with van der Waals surface area (Å²) in [5, 5.41) is 4.35. The Kier molecular flexibility index (Phi) is 1.68. The number of ether oxygens (including phenoxy) is 1. The highest BCUT2D eigenvalue weighted by Gasteiger charge is 2.07. The van der Waals surface area contributed by atoms with Crippen LogP contribution in [-0.2, 0) is 0 Å². The summed E-state index contributed by atoms with van der Waals surface area (Å²) >= 11 is 0. The fraction of sp³-hybridized carbons (Fsp3) is 0.182. The number of aromatic amines is 1. The third-order valence-electron chi connectivity index (χ3n) is 2.37. The number of aromatic nitrogens is 3. The van der Waals surface area contributed by atoms with Crippen LogP contribution in [0.4, 0.5) is 0 Å². The van der Waals surface area contributed by atoms with Crippen molar-refractivity contribution in [2.24, 2.45) is 0 Å². The van der Waals surface area contributed by atoms with Crippen LogP contribution >= 0.6 is 0 Å². The number of hydrogen-bond acceptors (Lipinski definition) is 2. The van der Waals surface area contributed by atoms with E-state index in [0.717, 1.165) is 16.7 Å². The second-order valence-corrected chi connectivity index (χ2v) is 3.35. The molecular formula is C11H11N3O. The van der Waals surface area contributed by atoms with Crippen LogP contribution in [0.3, 0.4) is 0 Å². The van der Waals surface area contributed by atoms with Crippen LogP contribution in [-0.4, -0.2) is 21.2 Å². The fourth-order valence-electron chi connectivity index (χ4n) is 1.75. The van der Waals surface area contributed by atoms with Crippen LogP contribution in [0.1, 0.15) is 6.92 Å². The average molecular weight is 201 g/mol. The van der Waals surface area contributed by atoms with Crippen molar-refractivity contribution >= 4 is 16.7 Å². The van der Waals surface area contributed by atoms with Gasteiger partial charge in [-0.3, -0.25) is 0 Å². The number of imidazole rings is 1. The van der Waals surface area contributed by atoms with Gasteiger partial charge in [0.2, 0.25) is 5.88 Å². The van der Waals surface area contributed by atoms with E-state index >= 15 is 0 Å². The standard InChI is InChI=1S/C11H11N3O/c1-2-15-11-7-10-12-8-5-3-4-6-9(8)14(10)13-11/h3-7,12H,2H2,1H3. The van der Waals surface area contributed by atoms with Crippen LogP contribution in [0.2, 0.25) is 0 Å². The van der Waals surface area contributed by atoms with Gasteiger partial charge >= 0.3 is 0 Å². The Morgan fingerprint density at radius 1 is 1.40 bits per heavy atom. The zero-order valence-electron chi connectivity index (χ0n) is 8.40. The summed E-state index contributed by atoms with van der Waals surface area (Å²) in [7, 11) is 0. The summed E-state index contributed by atoms with van der Waals surface area (Å²) in [6, 6.07) is 9.97. The molecule has 0 aliphatic rings. The fourth-order valence-corrected chi connectivity index (χ4v) is 1.75. The van der Waals surface area contributed by atoms with Crippen molar-refractivity contribution in [3.63, 3.8) is 0 Å². The van der Waals surface area contributed by atoms with Gasteiger partial charge < -0.3 is 9.72 Å². The quantitative estimate of drug-likeness (QED) is 0.690. The lowest BCUT2D eigenvalue weighted by Crippen LogP contribution is -1.92. The van der Waals surface area contributed by atoms with Gasteiger partial charge in [-0.2, -0.15) is 0 Å². The predicted octanol–water partition coefficient (Wildman–Crippen LogP) is 2.21. The third kappa shape index (κ3) is 1.18. The molecule has 0 aliphatic carbocycles. The van der Waals surface area contributed by atoms with Crippen molar-refractivity contribution in [3.8, 4) is 5.88 Å². The number of nitrogens with zero attached hydrogens (tertiary/aromatic N) is 2. The summed E-state index contributed by atoms with van der Waals surface area (Å²) in [6.45, 7) is 2.59. The van der Waals surface area contributed by atoms with Gasteiger partial charge in [0.15, 0.2) is 0 Å². The molecule has 4 nitrogen and oxygen atoms in total. The molecule has 1 N–H and O–H groups in total. The van der Waals surface area contributed by atoms with Crippen molar-refractivity contribution in [1.82, 2.24) is 14.6 Å². The second-order valence-electron chi connectivity index (χ2n) is 3.35. The summed E-state index contributed by atoms with van der Waals surface area (Å²) in [5.41, 5.74) is 3.11. The first kappa shape index (κ1) is 8.35. The molecule has 76 valence electrons. The molecule has 0 saturated heterocycles. The lowest BCUT2D eigenvalue weighted by atomic mass is 10.3. The molecule has 0 radical (unpaired) electrons. The monoisotopic (exact) mass is 201 g/mol. The largest absolute Gasteiger partial charge is 0.477 e. The zero-order chi connectivity index (χ0) is 10.3. The highest BCUT2D eigenvalue weighted by atomic mass is 16.5. The summed E-state index contributed by atoms with van der Waals surface area (Å²) in [5.74, 6) is 0.662. The maximum Gasteiger partial charge on any atom is 0.235 e. The molecule has 3 aromatic rings. The minimum atomic E-state index is 0.637. The van der Waals surface area contributed by atoms with Crippen molar-refractivity contribution in [3.05, 3.63) is 30.3 Å². The second kappa shape index (κ2) is 3.02. The minimum absolute atomic E-state index is 0.637. The first-order chi connectivity index (χ1) is 7.38. The lowest BCUT2D eigenvalue weighted by Gasteiger charge is -1.94. The Balaban J connectivity index is 2.28. The molecule has 0 saturated carbocycles. The normalized spacial score (nSPS) is 11.3. The first-order valence-corrected chi connectivity index (χ1v) is 4.98. The molecule has 0 aliphatic heterocycles. The molecule has 0 unspecified atom stereocenters. The zero-order valence-corrected chi connectivity index (χ0v) is 8.40. The molecule has 4 heteroatoms. The number of rotatable bonds is 2. The SMILES string of the molecule is CCOc1cc2[nH]c3ccccc3n2n1. The molecule has 0 spiro atoms. The van der Waals surface area contributed by atoms with Gasteiger partial charge in [0.25, 0.3) is 0 Å². The van der Waals surface area contributed by atoms with Crippen LogP contribution in [0.15, 0.2) is 30.3 Å². The molecule has 1 aromatic carbocycles. The topological polar surface area (TPSA) is 42.3 Å². The van der Waals surface area contributed by atoms with Crippen LogP contribution in [0.25, 0.3) is 16.7 Å². The maximum atomic E-state index is 5.35. The van der Waals surface area contributed by atoms with Crippen molar-refractivity contribution < 1.29 is 4.74 Å². The van der Waals surface area contributed by atoms with Gasteiger partial charge in [0, 0.05) is 6.07 Å². The molecule has 0 fully saturated rings. The number of hydrogen-bond donors (Lipinski definition) is 1. The van der Waals surface area contributed by atoms with E-state index in [4.69, 9.17) is 4.74 Å². The summed E-state index contributed by atoms with van der Waals surface area (Å²) < 4.78 is 7.21. The smallest absolute Gasteiger partial charge is 0.235 e. The maximum absolute atomic E-state index is 5.35. The van der Waals surface area contributed by atoms with E-state index in [2.05, 4.69) is 10.1 Å². The Hall–Kier alpha value is -1.97. The molecule has 0 amide bonds. The molecule has 3 rings (SSSR count). The van der Waals surface area contributed by atoms with E-state index in [1.165, 1.54) is 0 Å². The van der Waals surface area contributed by atoms with E-state index in [-0.39, 0.29) is 0 Å². The van der Waals surface area contributed by atoms with Gasteiger partial charge in [0.05, 0.1) is 17.6 Å². The molecule has 2 heterocycles. The Morgan fingerprint density at radius 3 is 3.13 bits per heavy atom. The van der Waals surface area contributed by atoms with Gasteiger partial charge in [-0.05, 0) is 19.1 Å². The highest BCUT2D eigenvalue weighted by Crippen LogP contribution is 2.19. The van der Waals surface area contributed by atoms with Crippen molar-refractivity contribution in [2.75, 3.05) is 6.61 Å². The number of nitrogens with one attached hydrogen (secondary N) is 1. The summed E-state index contributed by atoms with van der Waals surface area (Å²) in [6.07, 6.45) is 0. The van der Waals surface area contributed by atoms with Gasteiger partial charge in [-0.1, -0.05) is 12.1 Å². The highest BCUT2D eigenvalue weighted by molar-refractivity contribution is 5.80. The number of fused-ring (bicyclic) bond motifs is 3. The number of H-pyrrole nitrogens is 1. The van der Waals surface area contributed by atoms with E-state index < -0.39 is 0 Å². The molecule has 0 atom stereocenters. The van der Waals surface area contributed by atoms with Crippen molar-refractivity contribution in [1.29, 1.82) is 0 Å². The molecule has 0 bridgehead atoms. The first-order valence-electron chi connectivity index (χ1n) is 4.98. The predicted molar refractivity (Wildman–Crippen MR) is 58.2 cm³/mol. The molecule has 2 aromatic heterocycles. The van der Waals surface area contributed by atoms with E-state index in [0.29, 0.717) is 12.5 Å². The average Bonchev–Trinajstić information content (AvgIpc) is 2.75. The van der Waals surface area contributed by atoms with Crippen LogP contribution < -0.4 is 4.74 Å². The number of benzene rings is 1. The Labute approximate surface area is 86.5 Å². The Bertz CT molecular complexity index is 608. The van der Waals surface area contributed by atoms with Gasteiger partial charge in [-0.15, -0.1) is 5.10 Å². The van der Waals surface area contributed by atoms with E-state index in [1.807, 2.05) is 41.8 Å². The third-order valence-corrected chi connectivity index (χ3v) is 2.37. The molecule has 15 heavy (non-hydrogen) atoms. The van der Waals surface area contributed by atoms with E-state index in [9.17, 15) is 0 Å². The molecular weight excluding hydrogens is 190 g/mol. The Morgan fingerprint density at radius 2 is 2.27 bits per heavy atom. The summed E-state index contributed by atoms with van der Waals surface area (Å²) in [4.78, 5) is 3.28. The van der Waals surface area contributed by atoms with Crippen LogP contribution in [0.5, 0.6) is 5.88 Å². The van der Waals surface area contributed by atoms with Crippen LogP contribution in [0, 0.1) is 0 Å². The number of para-hydroxylation sites is 2. The van der Waals surface area contributed by atoms with Gasteiger partial charge in [0.1, 0.15) is 5.65 Å². The van der Waals surface area contributed by atoms with Crippen molar-refractivity contribution in [2.45, 2.75) is 6.92 Å². The lowest BCUT2D eigenvalue weighted by molar-refractivity contribution is 0.325. The minimum Gasteiger partial charge on any atom is -0.477 e. The van der Waals surface area contributed by atoms with Gasteiger partial charge in [-0.25, -0.2) is 4.52 Å². The van der Waals surface area contributed by atoms with E-state index in [1.54, 1.807) is 0 Å².